The van der Waals surface area contributed by atoms with Gasteiger partial charge in [0.15, 0.2) is 17.6 Å². The minimum Gasteiger partial charge on any atom is -0.486 e. The molecule has 118 valence electrons. The third kappa shape index (κ3) is 3.92. The van der Waals surface area contributed by atoms with Crippen LogP contribution >= 0.6 is 0 Å². The van der Waals surface area contributed by atoms with Crippen LogP contribution in [-0.2, 0) is 4.79 Å². The first kappa shape index (κ1) is 15.2. The molecule has 3 rings (SSSR count). The molecule has 1 heterocycles. The van der Waals surface area contributed by atoms with Gasteiger partial charge >= 0.3 is 0 Å². The number of likely N-dealkylation sites (N-methyl/N-ethyl adjacent to an activating group) is 1. The van der Waals surface area contributed by atoms with E-state index in [1.54, 1.807) is 18.0 Å². The molecule has 1 unspecified atom stereocenters. The van der Waals surface area contributed by atoms with Gasteiger partial charge in [-0.2, -0.15) is 0 Å². The van der Waals surface area contributed by atoms with E-state index in [1.807, 2.05) is 60.7 Å². The molecule has 4 heteroatoms. The van der Waals surface area contributed by atoms with Crippen LogP contribution in [0.2, 0.25) is 0 Å². The number of amides is 1. The molecular formula is C19H19NO3. The summed E-state index contributed by atoms with van der Waals surface area (Å²) in [5.41, 5.74) is 1.00. The molecule has 1 amide bonds. The number of rotatable bonds is 4. The number of ether oxygens (including phenoxy) is 2. The summed E-state index contributed by atoms with van der Waals surface area (Å²) in [5.74, 6) is 1.42. The monoisotopic (exact) mass is 309 g/mol. The molecule has 0 N–H and O–H groups in total. The molecule has 0 radical (unpaired) electrons. The highest BCUT2D eigenvalue weighted by molar-refractivity contribution is 5.91. The molecule has 0 saturated heterocycles. The smallest absolute Gasteiger partial charge is 0.246 e. The Balaban J connectivity index is 1.56. The molecule has 0 aliphatic carbocycles. The molecule has 23 heavy (non-hydrogen) atoms. The molecule has 1 aliphatic rings. The number of hydrogen-bond acceptors (Lipinski definition) is 3. The van der Waals surface area contributed by atoms with Crippen LogP contribution in [-0.4, -0.2) is 37.1 Å². The highest BCUT2D eigenvalue weighted by atomic mass is 16.6. The second kappa shape index (κ2) is 7.01. The fraction of sp³-hybridized carbons (Fsp3) is 0.211. The van der Waals surface area contributed by atoms with Gasteiger partial charge in [-0.05, 0) is 23.8 Å². The molecule has 2 aromatic carbocycles. The predicted octanol–water partition coefficient (Wildman–Crippen LogP) is 3.00. The van der Waals surface area contributed by atoms with Gasteiger partial charge in [0.2, 0.25) is 5.91 Å². The second-order valence-corrected chi connectivity index (χ2v) is 5.46. The highest BCUT2D eigenvalue weighted by Crippen LogP contribution is 2.30. The zero-order valence-electron chi connectivity index (χ0n) is 13.0. The van der Waals surface area contributed by atoms with Crippen LogP contribution in [0.5, 0.6) is 11.5 Å². The van der Waals surface area contributed by atoms with E-state index in [1.165, 1.54) is 0 Å². The van der Waals surface area contributed by atoms with Crippen molar-refractivity contribution in [3.8, 4) is 11.5 Å². The van der Waals surface area contributed by atoms with Crippen LogP contribution in [0.1, 0.15) is 5.56 Å². The van der Waals surface area contributed by atoms with Crippen LogP contribution < -0.4 is 9.47 Å². The van der Waals surface area contributed by atoms with Gasteiger partial charge in [0.25, 0.3) is 0 Å². The van der Waals surface area contributed by atoms with Crippen molar-refractivity contribution in [1.82, 2.24) is 4.90 Å². The number of carbonyl (C=O) groups is 1. The lowest BCUT2D eigenvalue weighted by Gasteiger charge is -2.29. The number of benzene rings is 2. The first-order chi connectivity index (χ1) is 11.2. The van der Waals surface area contributed by atoms with E-state index in [4.69, 9.17) is 9.47 Å². The lowest BCUT2D eigenvalue weighted by atomic mass is 10.2. The molecule has 0 bridgehead atoms. The van der Waals surface area contributed by atoms with Crippen LogP contribution in [0.25, 0.3) is 6.08 Å². The third-order valence-electron chi connectivity index (χ3n) is 3.64. The van der Waals surface area contributed by atoms with Gasteiger partial charge in [-0.25, -0.2) is 0 Å². The van der Waals surface area contributed by atoms with Crippen molar-refractivity contribution < 1.29 is 14.3 Å². The molecule has 1 aliphatic heterocycles. The van der Waals surface area contributed by atoms with E-state index in [2.05, 4.69) is 0 Å². The Bertz CT molecular complexity index is 697. The van der Waals surface area contributed by atoms with Crippen molar-refractivity contribution in [3.63, 3.8) is 0 Å². The summed E-state index contributed by atoms with van der Waals surface area (Å²) in [6, 6.07) is 17.3. The Morgan fingerprint density at radius 2 is 1.83 bits per heavy atom. The van der Waals surface area contributed by atoms with Crippen molar-refractivity contribution in [3.05, 3.63) is 66.2 Å². The van der Waals surface area contributed by atoms with Crippen molar-refractivity contribution in [1.29, 1.82) is 0 Å². The first-order valence-corrected chi connectivity index (χ1v) is 7.59. The van der Waals surface area contributed by atoms with E-state index in [0.717, 1.165) is 17.1 Å². The van der Waals surface area contributed by atoms with Gasteiger partial charge in [-0.1, -0.05) is 42.5 Å². The average Bonchev–Trinajstić information content (AvgIpc) is 2.60. The molecule has 2 aromatic rings. The first-order valence-electron chi connectivity index (χ1n) is 7.59. The van der Waals surface area contributed by atoms with Gasteiger partial charge < -0.3 is 14.4 Å². The Kier molecular flexibility index (Phi) is 4.62. The van der Waals surface area contributed by atoms with Gasteiger partial charge in [0.1, 0.15) is 6.61 Å². The normalized spacial score (nSPS) is 16.3. The molecule has 1 atom stereocenters. The largest absolute Gasteiger partial charge is 0.486 e. The van der Waals surface area contributed by atoms with Gasteiger partial charge in [0.05, 0.1) is 6.54 Å². The van der Waals surface area contributed by atoms with Gasteiger partial charge in [-0.15, -0.1) is 0 Å². The summed E-state index contributed by atoms with van der Waals surface area (Å²) in [4.78, 5) is 13.8. The molecular weight excluding hydrogens is 290 g/mol. The van der Waals surface area contributed by atoms with E-state index >= 15 is 0 Å². The van der Waals surface area contributed by atoms with Crippen molar-refractivity contribution in [2.24, 2.45) is 0 Å². The minimum atomic E-state index is -0.163. The predicted molar refractivity (Wildman–Crippen MR) is 89.5 cm³/mol. The van der Waals surface area contributed by atoms with Crippen molar-refractivity contribution in [2.45, 2.75) is 6.10 Å². The zero-order valence-corrected chi connectivity index (χ0v) is 13.0. The molecule has 0 aromatic heterocycles. The Hall–Kier alpha value is -2.75. The Morgan fingerprint density at radius 1 is 1.13 bits per heavy atom. The summed E-state index contributed by atoms with van der Waals surface area (Å²) in [6.45, 7) is 0.920. The van der Waals surface area contributed by atoms with Crippen LogP contribution in [0.4, 0.5) is 0 Å². The van der Waals surface area contributed by atoms with Crippen LogP contribution in [0.15, 0.2) is 60.7 Å². The number of nitrogens with zero attached hydrogens (tertiary/aromatic N) is 1. The van der Waals surface area contributed by atoms with E-state index in [0.29, 0.717) is 13.2 Å². The highest BCUT2D eigenvalue weighted by Gasteiger charge is 2.22. The van der Waals surface area contributed by atoms with Crippen LogP contribution in [0.3, 0.4) is 0 Å². The van der Waals surface area contributed by atoms with Crippen molar-refractivity contribution >= 4 is 12.0 Å². The lowest BCUT2D eigenvalue weighted by Crippen LogP contribution is -2.41. The minimum absolute atomic E-state index is 0.0590. The van der Waals surface area contributed by atoms with Gasteiger partial charge in [0, 0.05) is 13.1 Å². The third-order valence-corrected chi connectivity index (χ3v) is 3.64. The summed E-state index contributed by atoms with van der Waals surface area (Å²) in [5, 5.41) is 0. The Labute approximate surface area is 135 Å². The van der Waals surface area contributed by atoms with E-state index < -0.39 is 0 Å². The maximum atomic E-state index is 12.2. The van der Waals surface area contributed by atoms with Gasteiger partial charge in [-0.3, -0.25) is 4.79 Å². The zero-order chi connectivity index (χ0) is 16.1. The maximum absolute atomic E-state index is 12.2. The SMILES string of the molecule is CN(CC1COc2ccccc2O1)C(=O)/C=C/c1ccccc1. The topological polar surface area (TPSA) is 38.8 Å². The van der Waals surface area contributed by atoms with E-state index in [-0.39, 0.29) is 12.0 Å². The molecule has 4 nitrogen and oxygen atoms in total. The lowest BCUT2D eigenvalue weighted by molar-refractivity contribution is -0.126. The molecule has 0 spiro atoms. The van der Waals surface area contributed by atoms with E-state index in [9.17, 15) is 4.79 Å². The fourth-order valence-electron chi connectivity index (χ4n) is 2.41. The molecule has 0 saturated carbocycles. The summed E-state index contributed by atoms with van der Waals surface area (Å²) in [6.07, 6.45) is 3.23. The van der Waals surface area contributed by atoms with Crippen LogP contribution in [0, 0.1) is 0 Å². The number of fused-ring (bicyclic) bond motifs is 1. The molecule has 0 fully saturated rings. The fourth-order valence-corrected chi connectivity index (χ4v) is 2.41. The maximum Gasteiger partial charge on any atom is 0.246 e. The number of hydrogen-bond donors (Lipinski definition) is 0. The second-order valence-electron chi connectivity index (χ2n) is 5.46. The quantitative estimate of drug-likeness (QED) is 0.815. The van der Waals surface area contributed by atoms with Crippen molar-refractivity contribution in [2.75, 3.05) is 20.2 Å². The Morgan fingerprint density at radius 3 is 2.61 bits per heavy atom. The summed E-state index contributed by atoms with van der Waals surface area (Å²) in [7, 11) is 1.77. The summed E-state index contributed by atoms with van der Waals surface area (Å²) >= 11 is 0. The number of carbonyl (C=O) groups excluding carboxylic acids is 1. The standard InChI is InChI=1S/C19H19NO3/c1-20(19(21)12-11-15-7-3-2-4-8-15)13-16-14-22-17-9-5-6-10-18(17)23-16/h2-12,16H,13-14H2,1H3/b12-11+. The number of para-hydroxylation sites is 2. The average molecular weight is 309 g/mol. The summed E-state index contributed by atoms with van der Waals surface area (Å²) < 4.78 is 11.5.